The highest BCUT2D eigenvalue weighted by Gasteiger charge is 1.78. The third-order valence-corrected chi connectivity index (χ3v) is 1.02. The van der Waals surface area contributed by atoms with E-state index in [0.717, 1.165) is 5.57 Å². The Morgan fingerprint density at radius 3 is 2.57 bits per heavy atom. The number of alkyl halides is 1. The highest BCUT2D eigenvalue weighted by molar-refractivity contribution is 6.19. The van der Waals surface area contributed by atoms with Crippen molar-refractivity contribution in [1.29, 1.82) is 0 Å². The van der Waals surface area contributed by atoms with Crippen LogP contribution in [0.15, 0.2) is 11.8 Å². The Kier molecular flexibility index (Phi) is 3.90. The molecule has 0 bridgehead atoms. The highest BCUT2D eigenvalue weighted by atomic mass is 35.5. The standard InChI is InChI=1S/C5H10ClN/c1-5(3-6)4-7-2/h4,7H,3H2,1-2H3/b5-4+. The highest BCUT2D eigenvalue weighted by Crippen LogP contribution is 1.90. The molecule has 2 heteroatoms. The maximum atomic E-state index is 5.42. The maximum Gasteiger partial charge on any atom is 0.0447 e. The largest absolute Gasteiger partial charge is 0.394 e. The minimum absolute atomic E-state index is 0.612. The third-order valence-electron chi connectivity index (χ3n) is 0.602. The summed E-state index contributed by atoms with van der Waals surface area (Å²) in [4.78, 5) is 0. The summed E-state index contributed by atoms with van der Waals surface area (Å²) in [6, 6.07) is 0. The van der Waals surface area contributed by atoms with Crippen LogP contribution in [0, 0.1) is 0 Å². The smallest absolute Gasteiger partial charge is 0.0447 e. The Labute approximate surface area is 49.4 Å². The van der Waals surface area contributed by atoms with Crippen LogP contribution in [-0.2, 0) is 0 Å². The summed E-state index contributed by atoms with van der Waals surface area (Å²) in [5.74, 6) is 0.612. The van der Waals surface area contributed by atoms with E-state index in [2.05, 4.69) is 5.32 Å². The van der Waals surface area contributed by atoms with Crippen LogP contribution in [0.2, 0.25) is 0 Å². The van der Waals surface area contributed by atoms with Gasteiger partial charge in [-0.15, -0.1) is 11.6 Å². The lowest BCUT2D eigenvalue weighted by Crippen LogP contribution is -1.94. The van der Waals surface area contributed by atoms with Crippen LogP contribution in [0.25, 0.3) is 0 Å². The number of nitrogens with one attached hydrogen (secondary N) is 1. The van der Waals surface area contributed by atoms with Gasteiger partial charge in [0.15, 0.2) is 0 Å². The van der Waals surface area contributed by atoms with E-state index in [1.807, 2.05) is 20.2 Å². The van der Waals surface area contributed by atoms with Crippen LogP contribution in [-0.4, -0.2) is 12.9 Å². The molecular formula is C5H10ClN. The number of hydrogen-bond donors (Lipinski definition) is 1. The Morgan fingerprint density at radius 1 is 1.86 bits per heavy atom. The molecule has 0 aromatic carbocycles. The minimum Gasteiger partial charge on any atom is -0.394 e. The van der Waals surface area contributed by atoms with E-state index in [0.29, 0.717) is 5.88 Å². The van der Waals surface area contributed by atoms with Crippen LogP contribution in [0.3, 0.4) is 0 Å². The summed E-state index contributed by atoms with van der Waals surface area (Å²) in [6.45, 7) is 1.98. The molecule has 0 atom stereocenters. The molecule has 0 heterocycles. The normalized spacial score (nSPS) is 11.6. The molecule has 1 N–H and O–H groups in total. The number of halogens is 1. The van der Waals surface area contributed by atoms with Gasteiger partial charge in [-0.3, -0.25) is 0 Å². The van der Waals surface area contributed by atoms with Crippen LogP contribution in [0.1, 0.15) is 6.92 Å². The quantitative estimate of drug-likeness (QED) is 0.541. The molecular weight excluding hydrogens is 110 g/mol. The Morgan fingerprint density at radius 2 is 2.43 bits per heavy atom. The monoisotopic (exact) mass is 119 g/mol. The van der Waals surface area contributed by atoms with Crippen LogP contribution < -0.4 is 5.32 Å². The van der Waals surface area contributed by atoms with Crippen molar-refractivity contribution in [3.05, 3.63) is 11.8 Å². The zero-order valence-corrected chi connectivity index (χ0v) is 5.42. The average Bonchev–Trinajstić information content (AvgIpc) is 1.68. The van der Waals surface area contributed by atoms with Gasteiger partial charge < -0.3 is 5.32 Å². The summed E-state index contributed by atoms with van der Waals surface area (Å²) >= 11 is 5.42. The van der Waals surface area contributed by atoms with Crippen LogP contribution in [0.4, 0.5) is 0 Å². The first-order valence-corrected chi connectivity index (χ1v) is 2.73. The first kappa shape index (κ1) is 6.83. The second kappa shape index (κ2) is 4.00. The van der Waals surface area contributed by atoms with E-state index in [1.54, 1.807) is 0 Å². The summed E-state index contributed by atoms with van der Waals surface area (Å²) in [6.07, 6.45) is 1.88. The van der Waals surface area contributed by atoms with Crippen molar-refractivity contribution < 1.29 is 0 Å². The van der Waals surface area contributed by atoms with Crippen molar-refractivity contribution in [2.45, 2.75) is 6.92 Å². The predicted molar refractivity (Wildman–Crippen MR) is 33.5 cm³/mol. The average molecular weight is 120 g/mol. The van der Waals surface area contributed by atoms with Crippen molar-refractivity contribution >= 4 is 11.6 Å². The molecule has 7 heavy (non-hydrogen) atoms. The summed E-state index contributed by atoms with van der Waals surface area (Å²) in [5, 5.41) is 2.87. The van der Waals surface area contributed by atoms with E-state index in [1.165, 1.54) is 0 Å². The van der Waals surface area contributed by atoms with Crippen LogP contribution >= 0.6 is 11.6 Å². The van der Waals surface area contributed by atoms with Gasteiger partial charge in [-0.2, -0.15) is 0 Å². The van der Waals surface area contributed by atoms with Gasteiger partial charge in [0.25, 0.3) is 0 Å². The summed E-state index contributed by atoms with van der Waals surface area (Å²) < 4.78 is 0. The van der Waals surface area contributed by atoms with Gasteiger partial charge in [0.05, 0.1) is 0 Å². The lowest BCUT2D eigenvalue weighted by molar-refractivity contribution is 1.07. The lowest BCUT2D eigenvalue weighted by atomic mass is 10.4. The van der Waals surface area contributed by atoms with Crippen LogP contribution in [0.5, 0.6) is 0 Å². The zero-order chi connectivity index (χ0) is 5.70. The Bertz CT molecular complexity index is 68.5. The maximum absolute atomic E-state index is 5.42. The van der Waals surface area contributed by atoms with E-state index >= 15 is 0 Å². The van der Waals surface area contributed by atoms with Crippen molar-refractivity contribution in [3.63, 3.8) is 0 Å². The fraction of sp³-hybridized carbons (Fsp3) is 0.600. The van der Waals surface area contributed by atoms with Gasteiger partial charge in [0, 0.05) is 12.9 Å². The van der Waals surface area contributed by atoms with Gasteiger partial charge in [0.2, 0.25) is 0 Å². The fourth-order valence-electron chi connectivity index (χ4n) is 0.285. The van der Waals surface area contributed by atoms with Crippen molar-refractivity contribution in [2.75, 3.05) is 12.9 Å². The minimum atomic E-state index is 0.612. The molecule has 0 amide bonds. The molecule has 0 saturated heterocycles. The van der Waals surface area contributed by atoms with E-state index in [-0.39, 0.29) is 0 Å². The molecule has 0 aliphatic rings. The number of rotatable bonds is 2. The Hall–Kier alpha value is -0.170. The third kappa shape index (κ3) is 3.67. The molecule has 0 aliphatic heterocycles. The van der Waals surface area contributed by atoms with Gasteiger partial charge in [-0.25, -0.2) is 0 Å². The van der Waals surface area contributed by atoms with Crippen molar-refractivity contribution in [2.24, 2.45) is 0 Å². The van der Waals surface area contributed by atoms with Gasteiger partial charge >= 0.3 is 0 Å². The lowest BCUT2D eigenvalue weighted by Gasteiger charge is -1.89. The molecule has 0 unspecified atom stereocenters. The molecule has 0 aliphatic carbocycles. The predicted octanol–water partition coefficient (Wildman–Crippen LogP) is 1.35. The van der Waals surface area contributed by atoms with Gasteiger partial charge in [0.1, 0.15) is 0 Å². The molecule has 0 rings (SSSR count). The summed E-state index contributed by atoms with van der Waals surface area (Å²) in [5.41, 5.74) is 1.16. The number of allylic oxidation sites excluding steroid dienone is 1. The topological polar surface area (TPSA) is 12.0 Å². The molecule has 0 radical (unpaired) electrons. The van der Waals surface area contributed by atoms with Crippen molar-refractivity contribution in [3.8, 4) is 0 Å². The van der Waals surface area contributed by atoms with E-state index in [9.17, 15) is 0 Å². The second-order valence-corrected chi connectivity index (χ2v) is 1.68. The van der Waals surface area contributed by atoms with E-state index in [4.69, 9.17) is 11.6 Å². The molecule has 0 aromatic heterocycles. The fourth-order valence-corrected chi connectivity index (χ4v) is 0.362. The van der Waals surface area contributed by atoms with E-state index < -0.39 is 0 Å². The second-order valence-electron chi connectivity index (χ2n) is 1.41. The molecule has 42 valence electrons. The first-order chi connectivity index (χ1) is 3.31. The molecule has 0 fully saturated rings. The molecule has 0 spiro atoms. The zero-order valence-electron chi connectivity index (χ0n) is 4.66. The molecule has 1 nitrogen and oxygen atoms in total. The molecule has 0 aromatic rings. The molecule has 0 saturated carbocycles. The van der Waals surface area contributed by atoms with Crippen molar-refractivity contribution in [1.82, 2.24) is 5.32 Å². The van der Waals surface area contributed by atoms with Gasteiger partial charge in [-0.1, -0.05) is 0 Å². The van der Waals surface area contributed by atoms with Gasteiger partial charge in [-0.05, 0) is 18.7 Å². The SMILES string of the molecule is CN/C=C(\C)CCl. The Balaban J connectivity index is 3.29. The number of hydrogen-bond acceptors (Lipinski definition) is 1. The summed E-state index contributed by atoms with van der Waals surface area (Å²) in [7, 11) is 1.86. The first-order valence-electron chi connectivity index (χ1n) is 2.20.